The second-order valence-electron chi connectivity index (χ2n) is 5.81. The number of nitrogens with one attached hydrogen (secondary N) is 1. The maximum absolute atomic E-state index is 12.8. The molecule has 4 amide bonds. The Morgan fingerprint density at radius 1 is 1.21 bits per heavy atom. The summed E-state index contributed by atoms with van der Waals surface area (Å²) >= 11 is 0. The summed E-state index contributed by atoms with van der Waals surface area (Å²) < 4.78 is 0. The number of carbonyl (C=O) groups is 4. The van der Waals surface area contributed by atoms with Crippen LogP contribution in [0.4, 0.5) is 0 Å². The van der Waals surface area contributed by atoms with Crippen LogP contribution in [0, 0.1) is 0 Å². The maximum Gasteiger partial charge on any atom is 0.262 e. The summed E-state index contributed by atoms with van der Waals surface area (Å²) in [7, 11) is 3.48. The van der Waals surface area contributed by atoms with E-state index >= 15 is 0 Å². The Balaban J connectivity index is 1.98. The Kier molecular flexibility index (Phi) is 3.88. The molecule has 3 rings (SSSR count). The van der Waals surface area contributed by atoms with Crippen LogP contribution in [0.5, 0.6) is 0 Å². The van der Waals surface area contributed by atoms with E-state index < -0.39 is 29.7 Å². The third-order valence-corrected chi connectivity index (χ3v) is 3.93. The second-order valence-corrected chi connectivity index (χ2v) is 5.81. The zero-order chi connectivity index (χ0) is 17.4. The fraction of sp³-hybridized carbons (Fsp3) is 0.312. The van der Waals surface area contributed by atoms with E-state index in [0.717, 1.165) is 4.90 Å². The summed E-state index contributed by atoms with van der Waals surface area (Å²) in [4.78, 5) is 49.6. The molecule has 1 fully saturated rings. The van der Waals surface area contributed by atoms with Crippen LogP contribution in [0.1, 0.15) is 39.1 Å². The number of hydrogen-bond donors (Lipinski definition) is 1. The maximum atomic E-state index is 12.8. The molecule has 1 saturated heterocycles. The van der Waals surface area contributed by atoms with Crippen molar-refractivity contribution in [2.45, 2.75) is 18.9 Å². The van der Waals surface area contributed by atoms with E-state index in [2.05, 4.69) is 10.4 Å². The SMILES string of the molecule is CN(C)/N=C/c1cccc2c1C(=O)N(C1CCC(=O)NC1=O)C2=O. The number of benzene rings is 1. The lowest BCUT2D eigenvalue weighted by Crippen LogP contribution is -2.54. The number of hydrogen-bond acceptors (Lipinski definition) is 6. The fourth-order valence-electron chi connectivity index (χ4n) is 2.83. The predicted octanol–water partition coefficient (Wildman–Crippen LogP) is -0.0167. The van der Waals surface area contributed by atoms with Gasteiger partial charge in [0.15, 0.2) is 0 Å². The van der Waals surface area contributed by atoms with Crippen LogP contribution in [-0.4, -0.2) is 59.9 Å². The molecule has 124 valence electrons. The fourth-order valence-corrected chi connectivity index (χ4v) is 2.83. The predicted molar refractivity (Wildman–Crippen MR) is 84.4 cm³/mol. The van der Waals surface area contributed by atoms with Crippen molar-refractivity contribution in [2.24, 2.45) is 5.10 Å². The molecule has 0 spiro atoms. The van der Waals surface area contributed by atoms with Crippen molar-refractivity contribution in [1.29, 1.82) is 0 Å². The van der Waals surface area contributed by atoms with Crippen LogP contribution >= 0.6 is 0 Å². The van der Waals surface area contributed by atoms with Gasteiger partial charge in [0.1, 0.15) is 6.04 Å². The highest BCUT2D eigenvalue weighted by Gasteiger charge is 2.45. The largest absolute Gasteiger partial charge is 0.303 e. The molecule has 1 aromatic carbocycles. The third-order valence-electron chi connectivity index (χ3n) is 3.93. The minimum Gasteiger partial charge on any atom is -0.303 e. The van der Waals surface area contributed by atoms with E-state index in [-0.39, 0.29) is 24.0 Å². The molecule has 8 heteroatoms. The number of rotatable bonds is 3. The summed E-state index contributed by atoms with van der Waals surface area (Å²) in [6.45, 7) is 0. The second kappa shape index (κ2) is 5.88. The summed E-state index contributed by atoms with van der Waals surface area (Å²) in [6, 6.07) is 3.93. The molecule has 0 radical (unpaired) electrons. The number of piperidine rings is 1. The Hall–Kier alpha value is -3.03. The smallest absolute Gasteiger partial charge is 0.262 e. The van der Waals surface area contributed by atoms with Gasteiger partial charge in [-0.1, -0.05) is 12.1 Å². The lowest BCUT2D eigenvalue weighted by Gasteiger charge is -2.27. The monoisotopic (exact) mass is 328 g/mol. The van der Waals surface area contributed by atoms with E-state index in [0.29, 0.717) is 5.56 Å². The molecule has 0 aromatic heterocycles. The highest BCUT2D eigenvalue weighted by Crippen LogP contribution is 2.29. The first-order chi connectivity index (χ1) is 11.4. The van der Waals surface area contributed by atoms with Crippen LogP contribution in [-0.2, 0) is 9.59 Å². The molecule has 8 nitrogen and oxygen atoms in total. The highest BCUT2D eigenvalue weighted by molar-refractivity contribution is 6.25. The molecule has 1 N–H and O–H groups in total. The molecule has 0 bridgehead atoms. The molecule has 0 aliphatic carbocycles. The van der Waals surface area contributed by atoms with E-state index in [1.54, 1.807) is 37.3 Å². The van der Waals surface area contributed by atoms with Crippen LogP contribution in [0.2, 0.25) is 0 Å². The van der Waals surface area contributed by atoms with E-state index in [4.69, 9.17) is 0 Å². The minimum atomic E-state index is -0.964. The summed E-state index contributed by atoms with van der Waals surface area (Å²) in [5.41, 5.74) is 0.986. The average molecular weight is 328 g/mol. The Bertz CT molecular complexity index is 784. The van der Waals surface area contributed by atoms with Crippen molar-refractivity contribution in [2.75, 3.05) is 14.1 Å². The van der Waals surface area contributed by atoms with Crippen LogP contribution < -0.4 is 5.32 Å². The molecule has 1 atom stereocenters. The van der Waals surface area contributed by atoms with Gasteiger partial charge in [-0.2, -0.15) is 5.10 Å². The number of fused-ring (bicyclic) bond motifs is 1. The van der Waals surface area contributed by atoms with Crippen molar-refractivity contribution in [3.8, 4) is 0 Å². The van der Waals surface area contributed by atoms with Crippen LogP contribution in [0.25, 0.3) is 0 Å². The molecule has 24 heavy (non-hydrogen) atoms. The Morgan fingerprint density at radius 2 is 1.96 bits per heavy atom. The van der Waals surface area contributed by atoms with Crippen molar-refractivity contribution in [3.63, 3.8) is 0 Å². The van der Waals surface area contributed by atoms with Gasteiger partial charge in [-0.3, -0.25) is 29.4 Å². The first-order valence-electron chi connectivity index (χ1n) is 7.46. The van der Waals surface area contributed by atoms with Gasteiger partial charge in [0, 0.05) is 26.1 Å². The van der Waals surface area contributed by atoms with Gasteiger partial charge in [0.25, 0.3) is 11.8 Å². The lowest BCUT2D eigenvalue weighted by molar-refractivity contribution is -0.136. The van der Waals surface area contributed by atoms with Gasteiger partial charge in [-0.25, -0.2) is 0 Å². The van der Waals surface area contributed by atoms with Gasteiger partial charge >= 0.3 is 0 Å². The number of hydrazone groups is 1. The number of amides is 4. The van der Waals surface area contributed by atoms with Crippen LogP contribution in [0.15, 0.2) is 23.3 Å². The molecular weight excluding hydrogens is 312 g/mol. The summed E-state index contributed by atoms with van der Waals surface area (Å²) in [5, 5.41) is 7.84. The normalized spacial score (nSPS) is 20.6. The zero-order valence-electron chi connectivity index (χ0n) is 13.3. The molecule has 2 aliphatic heterocycles. The molecule has 2 heterocycles. The Morgan fingerprint density at radius 3 is 2.62 bits per heavy atom. The Labute approximate surface area is 138 Å². The number of imide groups is 2. The van der Waals surface area contributed by atoms with Gasteiger partial charge < -0.3 is 5.01 Å². The average Bonchev–Trinajstić information content (AvgIpc) is 2.78. The van der Waals surface area contributed by atoms with Crippen molar-refractivity contribution in [1.82, 2.24) is 15.2 Å². The number of carbonyl (C=O) groups excluding carboxylic acids is 4. The standard InChI is InChI=1S/C16H16N4O4/c1-19(2)17-8-9-4-3-5-10-13(9)16(24)20(15(10)23)11-6-7-12(21)18-14(11)22/h3-5,8,11H,6-7H2,1-2H3,(H,18,21,22)/b17-8+. The van der Waals surface area contributed by atoms with Gasteiger partial charge in [0.2, 0.25) is 11.8 Å². The summed E-state index contributed by atoms with van der Waals surface area (Å²) in [6.07, 6.45) is 1.73. The number of nitrogens with zero attached hydrogens (tertiary/aromatic N) is 3. The van der Waals surface area contributed by atoms with E-state index in [1.807, 2.05) is 0 Å². The molecule has 1 aromatic rings. The summed E-state index contributed by atoms with van der Waals surface area (Å²) in [5.74, 6) is -2.08. The van der Waals surface area contributed by atoms with Crippen molar-refractivity contribution in [3.05, 3.63) is 34.9 Å². The molecular formula is C16H16N4O4. The van der Waals surface area contributed by atoms with E-state index in [1.165, 1.54) is 6.21 Å². The molecule has 0 saturated carbocycles. The molecule has 2 aliphatic rings. The quantitative estimate of drug-likeness (QED) is 0.478. The van der Waals surface area contributed by atoms with Crippen molar-refractivity contribution < 1.29 is 19.2 Å². The first kappa shape index (κ1) is 15.9. The minimum absolute atomic E-state index is 0.0960. The van der Waals surface area contributed by atoms with Gasteiger partial charge in [-0.15, -0.1) is 0 Å². The highest BCUT2D eigenvalue weighted by atomic mass is 16.2. The first-order valence-corrected chi connectivity index (χ1v) is 7.46. The lowest BCUT2D eigenvalue weighted by atomic mass is 10.0. The van der Waals surface area contributed by atoms with Crippen LogP contribution in [0.3, 0.4) is 0 Å². The van der Waals surface area contributed by atoms with Crippen molar-refractivity contribution >= 4 is 29.8 Å². The zero-order valence-corrected chi connectivity index (χ0v) is 13.3. The molecule has 1 unspecified atom stereocenters. The van der Waals surface area contributed by atoms with Gasteiger partial charge in [-0.05, 0) is 12.5 Å². The topological polar surface area (TPSA) is 99.2 Å². The van der Waals surface area contributed by atoms with E-state index in [9.17, 15) is 19.2 Å². The van der Waals surface area contributed by atoms with Gasteiger partial charge in [0.05, 0.1) is 17.3 Å². The third kappa shape index (κ3) is 2.55.